The number of benzene rings is 1. The lowest BCUT2D eigenvalue weighted by Crippen LogP contribution is -2.41. The summed E-state index contributed by atoms with van der Waals surface area (Å²) in [6.45, 7) is 2.02. The van der Waals surface area contributed by atoms with Crippen LogP contribution in [0.2, 0.25) is 0 Å². The van der Waals surface area contributed by atoms with Crippen molar-refractivity contribution in [3.05, 3.63) is 41.8 Å². The van der Waals surface area contributed by atoms with Gasteiger partial charge in [-0.3, -0.25) is 9.59 Å². The number of aromatic nitrogens is 1. The number of hydrogen-bond donors (Lipinski definition) is 2. The lowest BCUT2D eigenvalue weighted by molar-refractivity contribution is -0.115. The van der Waals surface area contributed by atoms with E-state index >= 15 is 0 Å². The number of carbonyl (C=O) groups excluding carboxylic acids is 2. The first-order valence-electron chi connectivity index (χ1n) is 12.4. The normalized spacial score (nSPS) is 20.6. The Balaban J connectivity index is 1.10. The van der Waals surface area contributed by atoms with Gasteiger partial charge in [-0.1, -0.05) is 12.1 Å². The minimum absolute atomic E-state index is 0.0949. The number of carbonyl (C=O) groups is 2. The Morgan fingerprint density at radius 2 is 1.65 bits per heavy atom. The summed E-state index contributed by atoms with van der Waals surface area (Å²) in [6.07, 6.45) is 9.04. The van der Waals surface area contributed by atoms with E-state index in [4.69, 9.17) is 4.42 Å². The fourth-order valence-electron chi connectivity index (χ4n) is 4.74. The van der Waals surface area contributed by atoms with E-state index < -0.39 is 0 Å². The molecular formula is C26H29N5O3. The van der Waals surface area contributed by atoms with Crippen LogP contribution in [0.15, 0.2) is 45.1 Å². The Morgan fingerprint density at radius 1 is 0.941 bits per heavy atom. The predicted molar refractivity (Wildman–Crippen MR) is 128 cm³/mol. The largest absolute Gasteiger partial charge is 0.431 e. The highest BCUT2D eigenvalue weighted by Gasteiger charge is 2.42. The van der Waals surface area contributed by atoms with Gasteiger partial charge in [-0.05, 0) is 80.9 Å². The second-order valence-corrected chi connectivity index (χ2v) is 10.2. The van der Waals surface area contributed by atoms with Crippen LogP contribution in [0.5, 0.6) is 0 Å². The van der Waals surface area contributed by atoms with Crippen LogP contribution in [-0.2, 0) is 4.79 Å². The van der Waals surface area contributed by atoms with Crippen molar-refractivity contribution >= 4 is 23.2 Å². The topological polar surface area (TPSA) is 109 Å². The summed E-state index contributed by atoms with van der Waals surface area (Å²) < 4.78 is 5.75. The van der Waals surface area contributed by atoms with Crippen molar-refractivity contribution in [2.45, 2.75) is 64.0 Å². The standard InChI is InChI=1S/C26H29N5O3/c1-14(15-5-6-15)28-25(33)22-13-27-26(34-22)19-4-2-3-18(11-19)20-12-21(31-30-20)24(32)29-23(16-7-8-16)17-9-10-17/h2-4,11,13-17,23H,5-10,12H2,1H3,(H,28,33)(H,29,32)/t14-/m0/s1. The van der Waals surface area contributed by atoms with Gasteiger partial charge in [0.2, 0.25) is 11.7 Å². The fraction of sp³-hybridized carbons (Fsp3) is 0.500. The van der Waals surface area contributed by atoms with Crippen molar-refractivity contribution in [1.29, 1.82) is 0 Å². The molecule has 0 saturated heterocycles. The highest BCUT2D eigenvalue weighted by atomic mass is 16.4. The van der Waals surface area contributed by atoms with E-state index in [1.165, 1.54) is 31.9 Å². The van der Waals surface area contributed by atoms with Crippen LogP contribution < -0.4 is 10.6 Å². The molecule has 6 rings (SSSR count). The number of rotatable bonds is 9. The summed E-state index contributed by atoms with van der Waals surface area (Å²) in [4.78, 5) is 29.6. The predicted octanol–water partition coefficient (Wildman–Crippen LogP) is 3.72. The van der Waals surface area contributed by atoms with Crippen LogP contribution in [0.25, 0.3) is 11.5 Å². The van der Waals surface area contributed by atoms with Gasteiger partial charge in [0.05, 0.1) is 11.9 Å². The van der Waals surface area contributed by atoms with Crippen LogP contribution >= 0.6 is 0 Å². The van der Waals surface area contributed by atoms with Crippen molar-refractivity contribution in [3.63, 3.8) is 0 Å². The number of nitrogens with one attached hydrogen (secondary N) is 2. The maximum absolute atomic E-state index is 12.8. The zero-order valence-corrected chi connectivity index (χ0v) is 19.3. The van der Waals surface area contributed by atoms with Gasteiger partial charge in [-0.25, -0.2) is 4.98 Å². The minimum Gasteiger partial charge on any atom is -0.431 e. The molecular weight excluding hydrogens is 430 g/mol. The van der Waals surface area contributed by atoms with Gasteiger partial charge in [0, 0.05) is 24.1 Å². The molecule has 0 bridgehead atoms. The van der Waals surface area contributed by atoms with Crippen molar-refractivity contribution in [1.82, 2.24) is 15.6 Å². The van der Waals surface area contributed by atoms with Crippen LogP contribution in [0.3, 0.4) is 0 Å². The lowest BCUT2D eigenvalue weighted by Gasteiger charge is -2.17. The molecule has 8 heteroatoms. The molecule has 176 valence electrons. The molecule has 1 aromatic carbocycles. The van der Waals surface area contributed by atoms with Crippen molar-refractivity contribution in [2.24, 2.45) is 28.0 Å². The second kappa shape index (κ2) is 8.49. The highest BCUT2D eigenvalue weighted by Crippen LogP contribution is 2.44. The van der Waals surface area contributed by atoms with Gasteiger partial charge in [0.15, 0.2) is 0 Å². The maximum Gasteiger partial charge on any atom is 0.288 e. The molecule has 2 amide bonds. The summed E-state index contributed by atoms with van der Waals surface area (Å²) in [5, 5.41) is 14.7. The Kier molecular flexibility index (Phi) is 5.31. The molecule has 1 aliphatic heterocycles. The quantitative estimate of drug-likeness (QED) is 0.596. The summed E-state index contributed by atoms with van der Waals surface area (Å²) in [7, 11) is 0. The first kappa shape index (κ1) is 21.3. The first-order chi connectivity index (χ1) is 16.5. The van der Waals surface area contributed by atoms with E-state index in [1.807, 2.05) is 31.2 Å². The van der Waals surface area contributed by atoms with Crippen LogP contribution in [0.4, 0.5) is 0 Å². The minimum atomic E-state index is -0.241. The Hall–Kier alpha value is -3.29. The third kappa shape index (κ3) is 4.54. The second-order valence-electron chi connectivity index (χ2n) is 10.2. The van der Waals surface area contributed by atoms with Crippen molar-refractivity contribution in [3.8, 4) is 11.5 Å². The summed E-state index contributed by atoms with van der Waals surface area (Å²) in [5.74, 6) is 2.09. The van der Waals surface area contributed by atoms with Crippen molar-refractivity contribution < 1.29 is 14.0 Å². The molecule has 34 heavy (non-hydrogen) atoms. The zero-order valence-electron chi connectivity index (χ0n) is 19.3. The number of nitrogens with zero attached hydrogens (tertiary/aromatic N) is 3. The molecule has 3 fully saturated rings. The fourth-order valence-corrected chi connectivity index (χ4v) is 4.74. The lowest BCUT2D eigenvalue weighted by atomic mass is 10.0. The molecule has 0 unspecified atom stereocenters. The van der Waals surface area contributed by atoms with E-state index in [2.05, 4.69) is 25.8 Å². The molecule has 4 aliphatic rings. The van der Waals surface area contributed by atoms with Crippen molar-refractivity contribution in [2.75, 3.05) is 0 Å². The SMILES string of the molecule is C[C@H](NC(=O)c1cnc(-c2cccc(C3=NN=C(C(=O)NC(C4CC4)C4CC4)C3)c2)o1)C1CC1. The van der Waals surface area contributed by atoms with Gasteiger partial charge in [0.25, 0.3) is 11.8 Å². The van der Waals surface area contributed by atoms with Gasteiger partial charge in [0.1, 0.15) is 5.71 Å². The molecule has 2 aromatic rings. The van der Waals surface area contributed by atoms with E-state index in [-0.39, 0.29) is 23.6 Å². The van der Waals surface area contributed by atoms with Gasteiger partial charge >= 0.3 is 0 Å². The van der Waals surface area contributed by atoms with E-state index in [1.54, 1.807) is 0 Å². The van der Waals surface area contributed by atoms with E-state index in [9.17, 15) is 9.59 Å². The summed E-state index contributed by atoms with van der Waals surface area (Å²) in [6, 6.07) is 8.05. The maximum atomic E-state index is 12.8. The van der Waals surface area contributed by atoms with Crippen LogP contribution in [0.1, 0.15) is 68.0 Å². The van der Waals surface area contributed by atoms with Gasteiger partial charge in [-0.2, -0.15) is 5.10 Å². The first-order valence-corrected chi connectivity index (χ1v) is 12.4. The molecule has 2 heterocycles. The van der Waals surface area contributed by atoms with Crippen LogP contribution in [0, 0.1) is 17.8 Å². The average molecular weight is 460 g/mol. The van der Waals surface area contributed by atoms with Gasteiger partial charge < -0.3 is 15.1 Å². The third-order valence-electron chi connectivity index (χ3n) is 7.31. The third-order valence-corrected chi connectivity index (χ3v) is 7.31. The average Bonchev–Trinajstić information content (AvgIpc) is 3.75. The Labute approximate surface area is 198 Å². The molecule has 3 aliphatic carbocycles. The molecule has 1 atom stereocenters. The number of amides is 2. The molecule has 0 radical (unpaired) electrons. The molecule has 1 aromatic heterocycles. The molecule has 8 nitrogen and oxygen atoms in total. The van der Waals surface area contributed by atoms with E-state index in [0.717, 1.165) is 29.7 Å². The van der Waals surface area contributed by atoms with Crippen LogP contribution in [-0.4, -0.2) is 40.3 Å². The highest BCUT2D eigenvalue weighted by molar-refractivity contribution is 6.44. The molecule has 0 spiro atoms. The summed E-state index contributed by atoms with van der Waals surface area (Å²) in [5.41, 5.74) is 2.81. The smallest absolute Gasteiger partial charge is 0.288 e. The summed E-state index contributed by atoms with van der Waals surface area (Å²) >= 11 is 0. The molecule has 3 saturated carbocycles. The Morgan fingerprint density at radius 3 is 2.35 bits per heavy atom. The Bertz CT molecular complexity index is 1170. The monoisotopic (exact) mass is 459 g/mol. The number of oxazole rings is 1. The number of hydrogen-bond acceptors (Lipinski definition) is 6. The van der Waals surface area contributed by atoms with E-state index in [0.29, 0.717) is 41.8 Å². The zero-order chi connectivity index (χ0) is 23.2. The molecule has 2 N–H and O–H groups in total. The van der Waals surface area contributed by atoms with Gasteiger partial charge in [-0.15, -0.1) is 5.10 Å².